The number of carbonyl (C=O) groups is 2. The fourth-order valence-electron chi connectivity index (χ4n) is 2.31. The molecule has 0 saturated carbocycles. The zero-order chi connectivity index (χ0) is 17.6. The van der Waals surface area contributed by atoms with Gasteiger partial charge in [-0.3, -0.25) is 9.59 Å². The van der Waals surface area contributed by atoms with Gasteiger partial charge in [-0.2, -0.15) is 0 Å². The van der Waals surface area contributed by atoms with Gasteiger partial charge in [0.05, 0.1) is 0 Å². The largest absolute Gasteiger partial charge is 0.355 e. The Morgan fingerprint density at radius 1 is 1.00 bits per heavy atom. The van der Waals surface area contributed by atoms with Crippen molar-refractivity contribution >= 4 is 11.8 Å². The normalized spacial score (nSPS) is 10.3. The molecule has 25 heavy (non-hydrogen) atoms. The number of hydrogen-bond donors (Lipinski definition) is 2. The molecule has 0 aliphatic heterocycles. The Balaban J connectivity index is 1.61. The molecule has 3 rings (SSSR count). The molecule has 6 heteroatoms. The van der Waals surface area contributed by atoms with Crippen LogP contribution in [-0.4, -0.2) is 24.0 Å². The molecule has 6 nitrogen and oxygen atoms in total. The summed E-state index contributed by atoms with van der Waals surface area (Å²) in [5.74, 6) is 0.0774. The van der Waals surface area contributed by atoms with Gasteiger partial charge in [0, 0.05) is 30.8 Å². The first-order chi connectivity index (χ1) is 12.2. The molecule has 2 N–H and O–H groups in total. The Bertz CT molecular complexity index is 870. The summed E-state index contributed by atoms with van der Waals surface area (Å²) in [5, 5.41) is 9.15. The first kappa shape index (κ1) is 16.4. The number of amides is 2. The van der Waals surface area contributed by atoms with Gasteiger partial charge in [-0.25, -0.2) is 0 Å². The third kappa shape index (κ3) is 3.92. The lowest BCUT2D eigenvalue weighted by atomic mass is 10.1. The lowest BCUT2D eigenvalue weighted by Gasteiger charge is -2.04. The molecular formula is C19H17N3O3. The third-order valence-corrected chi connectivity index (χ3v) is 3.70. The van der Waals surface area contributed by atoms with Gasteiger partial charge in [-0.15, -0.1) is 0 Å². The molecule has 0 fully saturated rings. The predicted octanol–water partition coefficient (Wildman–Crippen LogP) is 2.63. The van der Waals surface area contributed by atoms with E-state index in [9.17, 15) is 9.59 Å². The number of rotatable bonds is 5. The van der Waals surface area contributed by atoms with Crippen molar-refractivity contribution in [1.29, 1.82) is 0 Å². The maximum Gasteiger partial charge on any atom is 0.273 e. The van der Waals surface area contributed by atoms with Crippen molar-refractivity contribution in [2.24, 2.45) is 0 Å². The summed E-state index contributed by atoms with van der Waals surface area (Å²) in [4.78, 5) is 23.7. The van der Waals surface area contributed by atoms with E-state index in [0.717, 1.165) is 11.1 Å². The molecular weight excluding hydrogens is 318 g/mol. The van der Waals surface area contributed by atoms with Gasteiger partial charge < -0.3 is 15.2 Å². The lowest BCUT2D eigenvalue weighted by molar-refractivity contribution is 0.0938. The second-order valence-electron chi connectivity index (χ2n) is 5.40. The van der Waals surface area contributed by atoms with Crippen LogP contribution in [0.2, 0.25) is 0 Å². The van der Waals surface area contributed by atoms with Crippen LogP contribution in [0, 0.1) is 0 Å². The van der Waals surface area contributed by atoms with Gasteiger partial charge in [0.1, 0.15) is 0 Å². The summed E-state index contributed by atoms with van der Waals surface area (Å²) in [6, 6.07) is 18.1. The van der Waals surface area contributed by atoms with Crippen LogP contribution in [0.5, 0.6) is 0 Å². The first-order valence-corrected chi connectivity index (χ1v) is 7.79. The fraction of sp³-hybridized carbons (Fsp3) is 0.105. The minimum Gasteiger partial charge on any atom is -0.355 e. The van der Waals surface area contributed by atoms with Crippen molar-refractivity contribution in [1.82, 2.24) is 15.8 Å². The van der Waals surface area contributed by atoms with Crippen LogP contribution < -0.4 is 10.6 Å². The average molecular weight is 335 g/mol. The molecule has 0 aliphatic rings. The lowest BCUT2D eigenvalue weighted by Crippen LogP contribution is -2.23. The monoisotopic (exact) mass is 335 g/mol. The van der Waals surface area contributed by atoms with Crippen molar-refractivity contribution in [3.63, 3.8) is 0 Å². The van der Waals surface area contributed by atoms with Crippen LogP contribution >= 0.6 is 0 Å². The minimum atomic E-state index is -0.318. The summed E-state index contributed by atoms with van der Waals surface area (Å²) in [6.07, 6.45) is 0. The molecule has 0 atom stereocenters. The molecule has 0 bridgehead atoms. The Labute approximate surface area is 144 Å². The Kier molecular flexibility index (Phi) is 4.89. The van der Waals surface area contributed by atoms with Crippen LogP contribution in [-0.2, 0) is 6.54 Å². The average Bonchev–Trinajstić information content (AvgIpc) is 3.17. The summed E-state index contributed by atoms with van der Waals surface area (Å²) < 4.78 is 5.22. The highest BCUT2D eigenvalue weighted by Crippen LogP contribution is 2.19. The Hall–Kier alpha value is -3.41. The predicted molar refractivity (Wildman–Crippen MR) is 92.9 cm³/mol. The number of aromatic nitrogens is 1. The highest BCUT2D eigenvalue weighted by molar-refractivity contribution is 5.94. The van der Waals surface area contributed by atoms with Gasteiger partial charge >= 0.3 is 0 Å². The van der Waals surface area contributed by atoms with Gasteiger partial charge in [0.2, 0.25) is 0 Å². The van der Waals surface area contributed by atoms with Crippen LogP contribution in [0.25, 0.3) is 11.3 Å². The fourth-order valence-corrected chi connectivity index (χ4v) is 2.31. The summed E-state index contributed by atoms with van der Waals surface area (Å²) in [6.45, 7) is 0.334. The minimum absolute atomic E-state index is 0.147. The molecule has 1 heterocycles. The zero-order valence-corrected chi connectivity index (χ0v) is 13.7. The van der Waals surface area contributed by atoms with Crippen molar-refractivity contribution in [2.45, 2.75) is 6.54 Å². The van der Waals surface area contributed by atoms with Crippen LogP contribution in [0.4, 0.5) is 0 Å². The maximum atomic E-state index is 12.2. The van der Waals surface area contributed by atoms with E-state index in [-0.39, 0.29) is 17.5 Å². The molecule has 126 valence electrons. The third-order valence-electron chi connectivity index (χ3n) is 3.70. The van der Waals surface area contributed by atoms with Crippen LogP contribution in [0.1, 0.15) is 26.4 Å². The molecule has 0 unspecified atom stereocenters. The number of nitrogens with one attached hydrogen (secondary N) is 2. The Morgan fingerprint density at radius 3 is 2.40 bits per heavy atom. The van der Waals surface area contributed by atoms with E-state index in [1.165, 1.54) is 0 Å². The molecule has 2 aromatic carbocycles. The maximum absolute atomic E-state index is 12.2. The van der Waals surface area contributed by atoms with Gasteiger partial charge in [-0.05, 0) is 17.7 Å². The highest BCUT2D eigenvalue weighted by Gasteiger charge is 2.13. The quantitative estimate of drug-likeness (QED) is 0.751. The van der Waals surface area contributed by atoms with Crippen molar-refractivity contribution in [3.05, 3.63) is 77.5 Å². The van der Waals surface area contributed by atoms with Crippen molar-refractivity contribution in [2.75, 3.05) is 7.05 Å². The van der Waals surface area contributed by atoms with E-state index in [2.05, 4.69) is 15.8 Å². The van der Waals surface area contributed by atoms with Crippen molar-refractivity contribution in [3.8, 4) is 11.3 Å². The number of benzene rings is 2. The number of carbonyl (C=O) groups excluding carboxylic acids is 2. The SMILES string of the molecule is CNC(=O)c1ccc(CNC(=O)c2cc(-c3ccccc3)on2)cc1. The van der Waals surface area contributed by atoms with E-state index >= 15 is 0 Å². The van der Waals surface area contributed by atoms with Gasteiger partial charge in [-0.1, -0.05) is 47.6 Å². The van der Waals surface area contributed by atoms with Gasteiger partial charge in [0.25, 0.3) is 11.8 Å². The first-order valence-electron chi connectivity index (χ1n) is 7.79. The van der Waals surface area contributed by atoms with E-state index < -0.39 is 0 Å². The standard InChI is InChI=1S/C19H17N3O3/c1-20-18(23)15-9-7-13(8-10-15)12-21-19(24)16-11-17(25-22-16)14-5-3-2-4-6-14/h2-11H,12H2,1H3,(H,20,23)(H,21,24). The zero-order valence-electron chi connectivity index (χ0n) is 13.7. The second kappa shape index (κ2) is 7.44. The Morgan fingerprint density at radius 2 is 1.72 bits per heavy atom. The van der Waals surface area contributed by atoms with Gasteiger partial charge in [0.15, 0.2) is 11.5 Å². The molecule has 2 amide bonds. The van der Waals surface area contributed by atoms with E-state index in [0.29, 0.717) is 17.9 Å². The summed E-state index contributed by atoms with van der Waals surface area (Å²) in [5.41, 5.74) is 2.54. The summed E-state index contributed by atoms with van der Waals surface area (Å²) >= 11 is 0. The van der Waals surface area contributed by atoms with E-state index in [1.54, 1.807) is 37.4 Å². The molecule has 0 aliphatic carbocycles. The van der Waals surface area contributed by atoms with E-state index in [4.69, 9.17) is 4.52 Å². The number of hydrogen-bond acceptors (Lipinski definition) is 4. The molecule has 0 radical (unpaired) electrons. The molecule has 1 aromatic heterocycles. The van der Waals surface area contributed by atoms with Crippen LogP contribution in [0.15, 0.2) is 65.2 Å². The topological polar surface area (TPSA) is 84.2 Å². The smallest absolute Gasteiger partial charge is 0.273 e. The molecule has 3 aromatic rings. The second-order valence-corrected chi connectivity index (χ2v) is 5.40. The summed E-state index contributed by atoms with van der Waals surface area (Å²) in [7, 11) is 1.58. The van der Waals surface area contributed by atoms with E-state index in [1.807, 2.05) is 30.3 Å². The highest BCUT2D eigenvalue weighted by atomic mass is 16.5. The number of nitrogens with zero attached hydrogens (tertiary/aromatic N) is 1. The van der Waals surface area contributed by atoms with Crippen molar-refractivity contribution < 1.29 is 14.1 Å². The van der Waals surface area contributed by atoms with Crippen LogP contribution in [0.3, 0.4) is 0 Å². The molecule has 0 spiro atoms. The molecule has 0 saturated heterocycles.